The maximum absolute atomic E-state index is 6.90. The van der Waals surface area contributed by atoms with Gasteiger partial charge >= 0.3 is 0 Å². The van der Waals surface area contributed by atoms with E-state index in [4.69, 9.17) is 20.5 Å². The van der Waals surface area contributed by atoms with Gasteiger partial charge in [0.15, 0.2) is 16.6 Å². The van der Waals surface area contributed by atoms with E-state index in [9.17, 15) is 0 Å². The molecule has 2 atom stereocenters. The van der Waals surface area contributed by atoms with Crippen molar-refractivity contribution in [1.29, 1.82) is 0 Å². The quantitative estimate of drug-likeness (QED) is 0.342. The molecule has 1 rings (SSSR count). The van der Waals surface area contributed by atoms with Crippen molar-refractivity contribution in [2.75, 3.05) is 6.61 Å². The van der Waals surface area contributed by atoms with E-state index in [-0.39, 0.29) is 21.6 Å². The molecule has 0 aliphatic heterocycles. The van der Waals surface area contributed by atoms with Crippen LogP contribution in [0.15, 0.2) is 30.3 Å². The standard InChI is InChI=1S/C21H39ClO2Si2/c1-20(2,3)25(7,8)23-16-18(24-26(9,10)21(4,5)6)19(22)17-14-12-11-13-15-17/h11-15,18-19H,16H2,1-10H3/t18-,19+/m1/s1. The van der Waals surface area contributed by atoms with Crippen molar-refractivity contribution < 1.29 is 8.85 Å². The first-order valence-corrected chi connectivity index (χ1v) is 15.8. The highest BCUT2D eigenvalue weighted by atomic mass is 35.5. The summed E-state index contributed by atoms with van der Waals surface area (Å²) in [6.45, 7) is 23.2. The van der Waals surface area contributed by atoms with E-state index in [2.05, 4.69) is 79.9 Å². The molecule has 2 nitrogen and oxygen atoms in total. The fourth-order valence-electron chi connectivity index (χ4n) is 2.09. The minimum atomic E-state index is -1.95. The van der Waals surface area contributed by atoms with Crippen LogP contribution in [-0.4, -0.2) is 29.3 Å². The van der Waals surface area contributed by atoms with E-state index in [1.165, 1.54) is 0 Å². The predicted molar refractivity (Wildman–Crippen MR) is 120 cm³/mol. The Morgan fingerprint density at radius 3 is 1.73 bits per heavy atom. The van der Waals surface area contributed by atoms with Crippen LogP contribution in [0.25, 0.3) is 0 Å². The van der Waals surface area contributed by atoms with Gasteiger partial charge < -0.3 is 8.85 Å². The van der Waals surface area contributed by atoms with Gasteiger partial charge in [0.25, 0.3) is 0 Å². The molecule has 150 valence electrons. The van der Waals surface area contributed by atoms with Crippen LogP contribution >= 0.6 is 11.6 Å². The van der Waals surface area contributed by atoms with Gasteiger partial charge in [-0.2, -0.15) is 0 Å². The Kier molecular flexibility index (Phi) is 7.80. The zero-order chi connectivity index (χ0) is 20.4. The first-order valence-electron chi connectivity index (χ1n) is 9.59. The minimum absolute atomic E-state index is 0.134. The van der Waals surface area contributed by atoms with Crippen LogP contribution in [-0.2, 0) is 8.85 Å². The molecule has 0 aliphatic carbocycles. The first-order chi connectivity index (χ1) is 11.6. The van der Waals surface area contributed by atoms with E-state index >= 15 is 0 Å². The largest absolute Gasteiger partial charge is 0.414 e. The fourth-order valence-corrected chi connectivity index (χ4v) is 4.78. The normalized spacial score (nSPS) is 16.4. The van der Waals surface area contributed by atoms with E-state index in [1.807, 2.05) is 18.2 Å². The van der Waals surface area contributed by atoms with E-state index in [0.717, 1.165) is 5.56 Å². The van der Waals surface area contributed by atoms with Crippen molar-refractivity contribution in [3.05, 3.63) is 35.9 Å². The Balaban J connectivity index is 3.06. The summed E-state index contributed by atoms with van der Waals surface area (Å²) in [4.78, 5) is 0. The molecule has 0 radical (unpaired) electrons. The summed E-state index contributed by atoms with van der Waals surface area (Å²) < 4.78 is 13.2. The Labute approximate surface area is 168 Å². The molecule has 0 aliphatic rings. The zero-order valence-corrected chi connectivity index (χ0v) is 21.2. The summed E-state index contributed by atoms with van der Waals surface area (Å²) in [5.41, 5.74) is 1.09. The van der Waals surface area contributed by atoms with Crippen LogP contribution in [0.3, 0.4) is 0 Å². The van der Waals surface area contributed by atoms with Gasteiger partial charge in [-0.05, 0) is 41.8 Å². The topological polar surface area (TPSA) is 18.5 Å². The van der Waals surface area contributed by atoms with Crippen LogP contribution in [0.1, 0.15) is 52.5 Å². The summed E-state index contributed by atoms with van der Waals surface area (Å²) in [5.74, 6) is 0. The molecule has 0 spiro atoms. The van der Waals surface area contributed by atoms with Crippen molar-refractivity contribution in [3.63, 3.8) is 0 Å². The van der Waals surface area contributed by atoms with Crippen molar-refractivity contribution in [3.8, 4) is 0 Å². The summed E-state index contributed by atoms with van der Waals surface area (Å²) in [5, 5.41) is 0.0913. The van der Waals surface area contributed by atoms with Crippen LogP contribution < -0.4 is 0 Å². The average molecular weight is 415 g/mol. The van der Waals surface area contributed by atoms with Gasteiger partial charge in [-0.1, -0.05) is 71.9 Å². The van der Waals surface area contributed by atoms with Crippen molar-refractivity contribution in [2.45, 2.75) is 89.3 Å². The average Bonchev–Trinajstić information content (AvgIpc) is 2.49. The summed E-state index contributed by atoms with van der Waals surface area (Å²) in [7, 11) is -3.81. The fraction of sp³-hybridized carbons (Fsp3) is 0.714. The third-order valence-electron chi connectivity index (χ3n) is 6.11. The van der Waals surface area contributed by atoms with E-state index in [1.54, 1.807) is 0 Å². The monoisotopic (exact) mass is 414 g/mol. The highest BCUT2D eigenvalue weighted by Crippen LogP contribution is 2.41. The minimum Gasteiger partial charge on any atom is -0.414 e. The molecule has 0 fully saturated rings. The lowest BCUT2D eigenvalue weighted by Crippen LogP contribution is -2.48. The maximum atomic E-state index is 6.90. The predicted octanol–water partition coefficient (Wildman–Crippen LogP) is 7.38. The summed E-state index contributed by atoms with van der Waals surface area (Å²) >= 11 is 6.90. The van der Waals surface area contributed by atoms with Gasteiger partial charge in [-0.25, -0.2) is 0 Å². The van der Waals surface area contributed by atoms with Gasteiger partial charge in [0.2, 0.25) is 0 Å². The Bertz CT molecular complexity index is 560. The molecule has 1 aromatic carbocycles. The second-order valence-electron chi connectivity index (χ2n) is 10.3. The second-order valence-corrected chi connectivity index (χ2v) is 20.3. The highest BCUT2D eigenvalue weighted by Gasteiger charge is 2.43. The van der Waals surface area contributed by atoms with Crippen molar-refractivity contribution >= 4 is 28.2 Å². The van der Waals surface area contributed by atoms with Crippen molar-refractivity contribution in [2.24, 2.45) is 0 Å². The van der Waals surface area contributed by atoms with E-state index < -0.39 is 16.6 Å². The highest BCUT2D eigenvalue weighted by molar-refractivity contribution is 6.74. The van der Waals surface area contributed by atoms with Gasteiger partial charge in [-0.3, -0.25) is 0 Å². The number of rotatable bonds is 7. The number of halogens is 1. The molecule has 26 heavy (non-hydrogen) atoms. The zero-order valence-electron chi connectivity index (χ0n) is 18.4. The Morgan fingerprint density at radius 2 is 1.31 bits per heavy atom. The molecule has 0 N–H and O–H groups in total. The van der Waals surface area contributed by atoms with E-state index in [0.29, 0.717) is 6.61 Å². The molecule has 1 aromatic rings. The molecule has 0 saturated heterocycles. The molecule has 0 bridgehead atoms. The molecule has 0 saturated carbocycles. The third-order valence-corrected chi connectivity index (χ3v) is 15.6. The first kappa shape index (κ1) is 23.9. The molecule has 0 aromatic heterocycles. The second kappa shape index (κ2) is 8.48. The van der Waals surface area contributed by atoms with Crippen LogP contribution in [0.4, 0.5) is 0 Å². The third kappa shape index (κ3) is 6.20. The lowest BCUT2D eigenvalue weighted by Gasteiger charge is -2.42. The number of benzene rings is 1. The van der Waals surface area contributed by atoms with Crippen LogP contribution in [0.2, 0.25) is 36.3 Å². The SMILES string of the molecule is CC(C)(C)[Si](C)(C)OC[C@@H](O[Si](C)(C)C(C)(C)C)[C@@H](Cl)c1ccccc1. The lowest BCUT2D eigenvalue weighted by molar-refractivity contribution is 0.104. The summed E-state index contributed by atoms with van der Waals surface area (Å²) in [6, 6.07) is 10.2. The molecular formula is C21H39ClO2Si2. The van der Waals surface area contributed by atoms with Gasteiger partial charge in [-0.15, -0.1) is 11.6 Å². The Morgan fingerprint density at radius 1 is 0.846 bits per heavy atom. The summed E-state index contributed by atoms with van der Waals surface area (Å²) in [6.07, 6.45) is -0.144. The van der Waals surface area contributed by atoms with Crippen LogP contribution in [0, 0.1) is 0 Å². The van der Waals surface area contributed by atoms with Gasteiger partial charge in [0.05, 0.1) is 18.1 Å². The van der Waals surface area contributed by atoms with Crippen LogP contribution in [0.5, 0.6) is 0 Å². The molecular weight excluding hydrogens is 376 g/mol. The molecule has 0 unspecified atom stereocenters. The van der Waals surface area contributed by atoms with Gasteiger partial charge in [0.1, 0.15) is 0 Å². The Hall–Kier alpha value is -0.136. The van der Waals surface area contributed by atoms with Crippen molar-refractivity contribution in [1.82, 2.24) is 0 Å². The number of hydrogen-bond acceptors (Lipinski definition) is 2. The molecule has 5 heteroatoms. The smallest absolute Gasteiger partial charge is 0.192 e. The molecule has 0 heterocycles. The molecule has 0 amide bonds. The van der Waals surface area contributed by atoms with Gasteiger partial charge in [0, 0.05) is 0 Å². The number of hydrogen-bond donors (Lipinski definition) is 0. The number of alkyl halides is 1. The lowest BCUT2D eigenvalue weighted by atomic mass is 10.1. The maximum Gasteiger partial charge on any atom is 0.192 e.